The molecule has 5 nitrogen and oxygen atoms in total. The molecule has 0 bridgehead atoms. The lowest BCUT2D eigenvalue weighted by Gasteiger charge is -2.14. The minimum absolute atomic E-state index is 0.277. The quantitative estimate of drug-likeness (QED) is 0.239. The molecule has 0 unspecified atom stereocenters. The average molecular weight is 503 g/mol. The highest BCUT2D eigenvalue weighted by Gasteiger charge is 2.12. The summed E-state index contributed by atoms with van der Waals surface area (Å²) in [6.07, 6.45) is 1.57. The number of hydrogen-bond acceptors (Lipinski definition) is 4. The van der Waals surface area contributed by atoms with Gasteiger partial charge in [-0.05, 0) is 74.6 Å². The first-order chi connectivity index (χ1) is 16.0. The Hall–Kier alpha value is -3.64. The highest BCUT2D eigenvalue weighted by atomic mass is 79.9. The summed E-state index contributed by atoms with van der Waals surface area (Å²) >= 11 is 3.56. The summed E-state index contributed by atoms with van der Waals surface area (Å²) in [6, 6.07) is 25.2. The van der Waals surface area contributed by atoms with Gasteiger partial charge in [-0.15, -0.1) is 0 Å². The van der Waals surface area contributed by atoms with Crippen molar-refractivity contribution in [3.63, 3.8) is 0 Å². The number of aryl methyl sites for hydroxylation is 1. The monoisotopic (exact) mass is 502 g/mol. The van der Waals surface area contributed by atoms with E-state index in [0.717, 1.165) is 26.4 Å². The van der Waals surface area contributed by atoms with E-state index < -0.39 is 0 Å². The number of nitrogens with one attached hydrogen (secondary N) is 1. The zero-order valence-electron chi connectivity index (χ0n) is 18.3. The highest BCUT2D eigenvalue weighted by molar-refractivity contribution is 9.10. The number of rotatable bonds is 7. The molecule has 166 valence electrons. The number of carbonyl (C=O) groups is 1. The Balaban J connectivity index is 1.45. The predicted octanol–water partition coefficient (Wildman–Crippen LogP) is 6.26. The van der Waals surface area contributed by atoms with Gasteiger partial charge in [-0.25, -0.2) is 5.43 Å². The van der Waals surface area contributed by atoms with Crippen molar-refractivity contribution in [2.45, 2.75) is 13.5 Å². The number of nitrogens with zero attached hydrogens (tertiary/aromatic N) is 1. The van der Waals surface area contributed by atoms with Gasteiger partial charge in [0, 0.05) is 5.56 Å². The van der Waals surface area contributed by atoms with Crippen molar-refractivity contribution < 1.29 is 14.3 Å². The van der Waals surface area contributed by atoms with Gasteiger partial charge in [0.25, 0.3) is 5.91 Å². The molecule has 0 fully saturated rings. The number of fused-ring (bicyclic) bond motifs is 1. The molecule has 4 aromatic carbocycles. The minimum atomic E-state index is -0.277. The molecule has 0 aliphatic rings. The second kappa shape index (κ2) is 10.3. The van der Waals surface area contributed by atoms with E-state index in [0.29, 0.717) is 23.7 Å². The molecule has 0 aromatic heterocycles. The number of carbonyl (C=O) groups excluding carboxylic acids is 1. The van der Waals surface area contributed by atoms with Crippen LogP contribution in [0.4, 0.5) is 0 Å². The van der Waals surface area contributed by atoms with Crippen LogP contribution in [0.25, 0.3) is 10.8 Å². The summed E-state index contributed by atoms with van der Waals surface area (Å²) in [5.41, 5.74) is 6.15. The van der Waals surface area contributed by atoms with E-state index in [4.69, 9.17) is 9.47 Å². The Kier molecular flexibility index (Phi) is 7.05. The lowest BCUT2D eigenvalue weighted by atomic mass is 10.1. The van der Waals surface area contributed by atoms with Crippen LogP contribution in [0.1, 0.15) is 27.0 Å². The number of hydrogen-bond donors (Lipinski definition) is 1. The molecule has 33 heavy (non-hydrogen) atoms. The molecule has 0 atom stereocenters. The molecule has 6 heteroatoms. The highest BCUT2D eigenvalue weighted by Crippen LogP contribution is 2.37. The molecule has 1 amide bonds. The summed E-state index contributed by atoms with van der Waals surface area (Å²) in [5.74, 6) is 0.902. The van der Waals surface area contributed by atoms with E-state index in [2.05, 4.69) is 39.4 Å². The van der Waals surface area contributed by atoms with E-state index in [9.17, 15) is 4.79 Å². The SMILES string of the molecule is COc1cc(/C=N\NC(=O)c2ccc3ccccc3c2)cc(Br)c1OCc1ccccc1C. The van der Waals surface area contributed by atoms with Crippen molar-refractivity contribution in [2.75, 3.05) is 7.11 Å². The predicted molar refractivity (Wildman–Crippen MR) is 135 cm³/mol. The lowest BCUT2D eigenvalue weighted by molar-refractivity contribution is 0.0955. The minimum Gasteiger partial charge on any atom is -0.493 e. The van der Waals surface area contributed by atoms with Gasteiger partial charge in [0.2, 0.25) is 0 Å². The van der Waals surface area contributed by atoms with Crippen molar-refractivity contribution in [3.05, 3.63) is 106 Å². The van der Waals surface area contributed by atoms with Gasteiger partial charge in [0.05, 0.1) is 17.8 Å². The van der Waals surface area contributed by atoms with Gasteiger partial charge in [-0.2, -0.15) is 5.10 Å². The second-order valence-electron chi connectivity index (χ2n) is 7.51. The molecule has 0 spiro atoms. The molecule has 1 N–H and O–H groups in total. The van der Waals surface area contributed by atoms with E-state index in [1.807, 2.05) is 66.7 Å². The fourth-order valence-electron chi connectivity index (χ4n) is 3.44. The first-order valence-corrected chi connectivity index (χ1v) is 11.2. The maximum absolute atomic E-state index is 12.5. The Morgan fingerprint density at radius 3 is 2.55 bits per heavy atom. The molecule has 0 saturated heterocycles. The standard InChI is InChI=1S/C27H23BrN2O3/c1-18-7-3-4-10-23(18)17-33-26-24(28)13-19(14-25(26)32-2)16-29-30-27(31)22-12-11-20-8-5-6-9-21(20)15-22/h3-16H,17H2,1-2H3,(H,30,31)/b29-16-. The fourth-order valence-corrected chi connectivity index (χ4v) is 4.01. The number of ether oxygens (including phenoxy) is 2. The Morgan fingerprint density at radius 1 is 1.00 bits per heavy atom. The lowest BCUT2D eigenvalue weighted by Crippen LogP contribution is -2.17. The van der Waals surface area contributed by atoms with Crippen molar-refractivity contribution in [1.82, 2.24) is 5.43 Å². The third-order valence-electron chi connectivity index (χ3n) is 5.28. The van der Waals surface area contributed by atoms with Gasteiger partial charge in [0.15, 0.2) is 11.5 Å². The third kappa shape index (κ3) is 5.41. The Labute approximate surface area is 201 Å². The second-order valence-corrected chi connectivity index (χ2v) is 8.36. The Morgan fingerprint density at radius 2 is 1.76 bits per heavy atom. The molecule has 4 rings (SSSR count). The largest absolute Gasteiger partial charge is 0.493 e. The van der Waals surface area contributed by atoms with Crippen LogP contribution in [0.2, 0.25) is 0 Å². The van der Waals surface area contributed by atoms with Crippen LogP contribution in [-0.4, -0.2) is 19.2 Å². The summed E-state index contributed by atoms with van der Waals surface area (Å²) in [5, 5.41) is 6.19. The summed E-state index contributed by atoms with van der Waals surface area (Å²) < 4.78 is 12.3. The van der Waals surface area contributed by atoms with Gasteiger partial charge in [0.1, 0.15) is 6.61 Å². The van der Waals surface area contributed by atoms with Gasteiger partial charge >= 0.3 is 0 Å². The molecule has 0 radical (unpaired) electrons. The van der Waals surface area contributed by atoms with Crippen LogP contribution in [0.3, 0.4) is 0 Å². The van der Waals surface area contributed by atoms with E-state index in [-0.39, 0.29) is 5.91 Å². The number of amides is 1. The van der Waals surface area contributed by atoms with Crippen LogP contribution in [0.15, 0.2) is 88.4 Å². The van der Waals surface area contributed by atoms with E-state index in [1.165, 1.54) is 5.56 Å². The van der Waals surface area contributed by atoms with Crippen LogP contribution in [-0.2, 0) is 6.61 Å². The van der Waals surface area contributed by atoms with Gasteiger partial charge in [-0.3, -0.25) is 4.79 Å². The Bertz CT molecular complexity index is 1330. The van der Waals surface area contributed by atoms with Crippen LogP contribution in [0, 0.1) is 6.92 Å². The van der Waals surface area contributed by atoms with E-state index in [1.54, 1.807) is 19.4 Å². The van der Waals surface area contributed by atoms with Crippen LogP contribution >= 0.6 is 15.9 Å². The molecular weight excluding hydrogens is 480 g/mol. The number of methoxy groups -OCH3 is 1. The maximum Gasteiger partial charge on any atom is 0.271 e. The van der Waals surface area contributed by atoms with E-state index >= 15 is 0 Å². The molecule has 0 aliphatic carbocycles. The van der Waals surface area contributed by atoms with Crippen molar-refractivity contribution in [2.24, 2.45) is 5.10 Å². The molecule has 0 aliphatic heterocycles. The number of halogens is 1. The summed E-state index contributed by atoms with van der Waals surface area (Å²) in [6.45, 7) is 2.48. The topological polar surface area (TPSA) is 59.9 Å². The normalized spacial score (nSPS) is 11.0. The molecular formula is C27H23BrN2O3. The molecule has 0 heterocycles. The summed E-state index contributed by atoms with van der Waals surface area (Å²) in [4.78, 5) is 12.5. The van der Waals surface area contributed by atoms with Gasteiger partial charge < -0.3 is 9.47 Å². The zero-order valence-corrected chi connectivity index (χ0v) is 19.9. The van der Waals surface area contributed by atoms with Crippen molar-refractivity contribution in [1.29, 1.82) is 0 Å². The van der Waals surface area contributed by atoms with Crippen molar-refractivity contribution >= 4 is 38.8 Å². The third-order valence-corrected chi connectivity index (χ3v) is 5.87. The van der Waals surface area contributed by atoms with Gasteiger partial charge in [-0.1, -0.05) is 54.6 Å². The van der Waals surface area contributed by atoms with Crippen molar-refractivity contribution in [3.8, 4) is 11.5 Å². The number of hydrazone groups is 1. The van der Waals surface area contributed by atoms with Crippen LogP contribution in [0.5, 0.6) is 11.5 Å². The maximum atomic E-state index is 12.5. The molecule has 4 aromatic rings. The fraction of sp³-hybridized carbons (Fsp3) is 0.111. The number of benzene rings is 4. The summed E-state index contributed by atoms with van der Waals surface area (Å²) in [7, 11) is 1.59. The molecule has 0 saturated carbocycles. The zero-order chi connectivity index (χ0) is 23.2. The average Bonchev–Trinajstić information content (AvgIpc) is 2.83. The smallest absolute Gasteiger partial charge is 0.271 e. The first kappa shape index (κ1) is 22.6. The van der Waals surface area contributed by atoms with Crippen LogP contribution < -0.4 is 14.9 Å². The first-order valence-electron chi connectivity index (χ1n) is 10.4.